The van der Waals surface area contributed by atoms with Crippen molar-refractivity contribution in [3.63, 3.8) is 0 Å². The van der Waals surface area contributed by atoms with Crippen LogP contribution in [0.1, 0.15) is 35.9 Å². The summed E-state index contributed by atoms with van der Waals surface area (Å²) in [5, 5.41) is 0. The van der Waals surface area contributed by atoms with E-state index < -0.39 is 9.84 Å². The van der Waals surface area contributed by atoms with E-state index in [0.29, 0.717) is 4.21 Å². The molecule has 0 fully saturated rings. The van der Waals surface area contributed by atoms with Gasteiger partial charge in [0.2, 0.25) is 0 Å². The number of thiophene rings is 1. The Hall–Kier alpha value is -0.430. The van der Waals surface area contributed by atoms with Crippen molar-refractivity contribution < 1.29 is 8.42 Å². The summed E-state index contributed by atoms with van der Waals surface area (Å²) in [5.74, 6) is 0.174. The molecule has 1 aromatic rings. The fraction of sp³-hybridized carbons (Fsp3) is 0.636. The molecule has 4 nitrogen and oxygen atoms in total. The van der Waals surface area contributed by atoms with Gasteiger partial charge in [0.05, 0.1) is 5.75 Å². The lowest BCUT2D eigenvalue weighted by Crippen LogP contribution is -2.33. The minimum atomic E-state index is -3.09. The molecule has 2 N–H and O–H groups in total. The maximum atomic E-state index is 12.0. The highest BCUT2D eigenvalue weighted by Gasteiger charge is 2.26. The van der Waals surface area contributed by atoms with Crippen molar-refractivity contribution in [1.29, 1.82) is 0 Å². The molecule has 0 amide bonds. The summed E-state index contributed by atoms with van der Waals surface area (Å²) >= 11 is 1.44. The first-order valence-electron chi connectivity index (χ1n) is 5.80. The molecule has 1 unspecified atom stereocenters. The number of hydrogen-bond donors (Lipinski definition) is 2. The Morgan fingerprint density at radius 3 is 2.82 bits per heavy atom. The maximum Gasteiger partial charge on any atom is 0.187 e. The molecule has 1 aromatic heterocycles. The van der Waals surface area contributed by atoms with Gasteiger partial charge in [0.25, 0.3) is 0 Å². The highest BCUT2D eigenvalue weighted by atomic mass is 32.2. The summed E-state index contributed by atoms with van der Waals surface area (Å²) in [6, 6.07) is 0.157. The Morgan fingerprint density at radius 1 is 1.47 bits per heavy atom. The van der Waals surface area contributed by atoms with Crippen LogP contribution < -0.4 is 10.9 Å². The zero-order chi connectivity index (χ0) is 12.6. The van der Waals surface area contributed by atoms with Gasteiger partial charge in [-0.15, -0.1) is 11.3 Å². The van der Waals surface area contributed by atoms with E-state index >= 15 is 0 Å². The maximum absolute atomic E-state index is 12.0. The van der Waals surface area contributed by atoms with Crippen LogP contribution in [0.15, 0.2) is 4.21 Å². The Morgan fingerprint density at radius 2 is 2.18 bits per heavy atom. The van der Waals surface area contributed by atoms with E-state index in [4.69, 9.17) is 0 Å². The third-order valence-electron chi connectivity index (χ3n) is 3.12. The second-order valence-corrected chi connectivity index (χ2v) is 7.88. The molecule has 1 atom stereocenters. The first-order valence-corrected chi connectivity index (χ1v) is 8.27. The van der Waals surface area contributed by atoms with Crippen molar-refractivity contribution in [3.8, 4) is 0 Å². The number of nitrogens with one attached hydrogen (secondary N) is 2. The highest BCUT2D eigenvalue weighted by Crippen LogP contribution is 2.36. The minimum Gasteiger partial charge on any atom is -0.257 e. The first kappa shape index (κ1) is 13.0. The lowest BCUT2D eigenvalue weighted by atomic mass is 10.0. The van der Waals surface area contributed by atoms with Gasteiger partial charge in [-0.1, -0.05) is 6.92 Å². The molecule has 1 aliphatic heterocycles. The summed E-state index contributed by atoms with van der Waals surface area (Å²) in [6.07, 6.45) is 0.886. The van der Waals surface area contributed by atoms with E-state index in [1.165, 1.54) is 16.2 Å². The predicted octanol–water partition coefficient (Wildman–Crippen LogP) is 1.56. The zero-order valence-corrected chi connectivity index (χ0v) is 12.0. The predicted molar refractivity (Wildman–Crippen MR) is 70.0 cm³/mol. The summed E-state index contributed by atoms with van der Waals surface area (Å²) < 4.78 is 24.6. The van der Waals surface area contributed by atoms with Crippen molar-refractivity contribution in [1.82, 2.24) is 10.9 Å². The van der Waals surface area contributed by atoms with E-state index in [1.54, 1.807) is 6.92 Å². The van der Waals surface area contributed by atoms with E-state index in [2.05, 4.69) is 17.8 Å². The van der Waals surface area contributed by atoms with Gasteiger partial charge in [-0.25, -0.2) is 8.42 Å². The van der Waals surface area contributed by atoms with E-state index in [0.717, 1.165) is 24.1 Å². The largest absolute Gasteiger partial charge is 0.257 e. The van der Waals surface area contributed by atoms with Gasteiger partial charge in [-0.05, 0) is 31.4 Å². The van der Waals surface area contributed by atoms with Gasteiger partial charge in [0.15, 0.2) is 9.84 Å². The van der Waals surface area contributed by atoms with Gasteiger partial charge in [0, 0.05) is 17.5 Å². The molecule has 1 aliphatic rings. The van der Waals surface area contributed by atoms with E-state index in [-0.39, 0.29) is 11.8 Å². The number of hydrazine groups is 1. The molecule has 0 saturated heterocycles. The standard InChI is InChI=1S/C11H18N2O2S2/c1-4-17(14,15)11-7(2)10-8(3)13-12-6-5-9(10)16-11/h8,12-13H,4-6H2,1-3H3. The molecule has 0 aromatic carbocycles. The van der Waals surface area contributed by atoms with E-state index in [1.807, 2.05) is 6.92 Å². The van der Waals surface area contributed by atoms with Crippen molar-refractivity contribution in [3.05, 3.63) is 16.0 Å². The highest BCUT2D eigenvalue weighted by molar-refractivity contribution is 7.93. The Balaban J connectivity index is 2.57. The topological polar surface area (TPSA) is 58.2 Å². The number of sulfone groups is 1. The fourth-order valence-corrected chi connectivity index (χ4v) is 5.35. The molecule has 0 radical (unpaired) electrons. The molecule has 6 heteroatoms. The summed E-state index contributed by atoms with van der Waals surface area (Å²) in [7, 11) is -3.09. The number of fused-ring (bicyclic) bond motifs is 1. The second-order valence-electron chi connectivity index (χ2n) is 4.30. The monoisotopic (exact) mass is 274 g/mol. The van der Waals surface area contributed by atoms with Crippen LogP contribution in [0.5, 0.6) is 0 Å². The van der Waals surface area contributed by atoms with E-state index in [9.17, 15) is 8.42 Å². The summed E-state index contributed by atoms with van der Waals surface area (Å²) in [5.41, 5.74) is 8.41. The SMILES string of the molecule is CCS(=O)(=O)c1sc2c(c1C)C(C)NNCC2. The lowest BCUT2D eigenvalue weighted by Gasteiger charge is -2.12. The van der Waals surface area contributed by atoms with Crippen molar-refractivity contribution in [2.45, 2.75) is 37.4 Å². The molecule has 96 valence electrons. The van der Waals surface area contributed by atoms with Gasteiger partial charge in [-0.2, -0.15) is 0 Å². The molecule has 0 aliphatic carbocycles. The summed E-state index contributed by atoms with van der Waals surface area (Å²) in [6.45, 7) is 6.51. The van der Waals surface area contributed by atoms with Gasteiger partial charge in [-0.3, -0.25) is 10.9 Å². The molecular formula is C11H18N2O2S2. The third-order valence-corrected chi connectivity index (χ3v) is 6.92. The molecular weight excluding hydrogens is 256 g/mol. The number of hydrogen-bond acceptors (Lipinski definition) is 5. The average molecular weight is 274 g/mol. The van der Waals surface area contributed by atoms with Gasteiger partial charge >= 0.3 is 0 Å². The fourth-order valence-electron chi connectivity index (χ4n) is 2.22. The Labute approximate surface area is 106 Å². The molecule has 2 heterocycles. The number of rotatable bonds is 2. The van der Waals surface area contributed by atoms with Crippen molar-refractivity contribution in [2.75, 3.05) is 12.3 Å². The van der Waals surface area contributed by atoms with Crippen LogP contribution in [0, 0.1) is 6.92 Å². The third kappa shape index (κ3) is 2.27. The Bertz CT molecular complexity index is 520. The quantitative estimate of drug-likeness (QED) is 0.859. The molecule has 0 bridgehead atoms. The molecule has 2 rings (SSSR count). The Kier molecular flexibility index (Phi) is 3.58. The normalized spacial score (nSPS) is 21.0. The second kappa shape index (κ2) is 4.68. The van der Waals surface area contributed by atoms with Gasteiger partial charge in [0.1, 0.15) is 4.21 Å². The van der Waals surface area contributed by atoms with Crippen LogP contribution >= 0.6 is 11.3 Å². The van der Waals surface area contributed by atoms with Crippen LogP contribution in [-0.4, -0.2) is 20.7 Å². The van der Waals surface area contributed by atoms with Crippen molar-refractivity contribution >= 4 is 21.2 Å². The summed E-state index contributed by atoms with van der Waals surface area (Å²) in [4.78, 5) is 1.19. The minimum absolute atomic E-state index is 0.157. The smallest absolute Gasteiger partial charge is 0.187 e. The average Bonchev–Trinajstić information content (AvgIpc) is 2.50. The first-order chi connectivity index (χ1) is 7.97. The lowest BCUT2D eigenvalue weighted by molar-refractivity contribution is 0.481. The van der Waals surface area contributed by atoms with Crippen LogP contribution in [0.3, 0.4) is 0 Å². The van der Waals surface area contributed by atoms with Gasteiger partial charge < -0.3 is 0 Å². The van der Waals surface area contributed by atoms with Crippen LogP contribution in [0.2, 0.25) is 0 Å². The molecule has 17 heavy (non-hydrogen) atoms. The molecule has 0 spiro atoms. The zero-order valence-electron chi connectivity index (χ0n) is 10.3. The van der Waals surface area contributed by atoms with Crippen LogP contribution in [0.25, 0.3) is 0 Å². The van der Waals surface area contributed by atoms with Crippen LogP contribution in [-0.2, 0) is 16.3 Å². The van der Waals surface area contributed by atoms with Crippen LogP contribution in [0.4, 0.5) is 0 Å². The molecule has 0 saturated carbocycles. The van der Waals surface area contributed by atoms with Crippen molar-refractivity contribution in [2.24, 2.45) is 0 Å².